The highest BCUT2D eigenvalue weighted by molar-refractivity contribution is 7.87. The SMILES string of the molecule is Cc1c(-c2ccc(N3CCc4cccc(C(=O)Nc5nc6ccccc6s5)c4C3)nc2C(=O)NS(=O)(=O)N2CCC(C#CC(=O)O)CC2)cnn1CC1CCCCC1. The minimum absolute atomic E-state index is 0.0590. The molecule has 2 aliphatic heterocycles. The molecule has 16 heteroatoms. The number of rotatable bonds is 9. The lowest BCUT2D eigenvalue weighted by Gasteiger charge is -2.31. The fourth-order valence-corrected chi connectivity index (χ4v) is 10.3. The van der Waals surface area contributed by atoms with Gasteiger partial charge in [0.15, 0.2) is 5.13 Å². The minimum Gasteiger partial charge on any atom is -0.472 e. The number of fused-ring (bicyclic) bond motifs is 2. The van der Waals surface area contributed by atoms with Crippen molar-refractivity contribution >= 4 is 60.5 Å². The van der Waals surface area contributed by atoms with Crippen LogP contribution in [0.4, 0.5) is 10.9 Å². The molecule has 3 aliphatic rings. The van der Waals surface area contributed by atoms with E-state index in [2.05, 4.69) is 26.9 Å². The summed E-state index contributed by atoms with van der Waals surface area (Å²) in [5.74, 6) is 3.14. The maximum Gasteiger partial charge on any atom is 0.381 e. The predicted molar refractivity (Wildman–Crippen MR) is 222 cm³/mol. The van der Waals surface area contributed by atoms with Gasteiger partial charge in [-0.25, -0.2) is 19.5 Å². The first-order valence-corrected chi connectivity index (χ1v) is 21.9. The summed E-state index contributed by atoms with van der Waals surface area (Å²) in [6, 6.07) is 17.0. The molecule has 0 unspecified atom stereocenters. The van der Waals surface area contributed by atoms with Crippen molar-refractivity contribution in [3.8, 4) is 23.0 Å². The molecular formula is C42H44N8O6S2. The fraction of sp³-hybridized carbons (Fsp3) is 0.381. The number of piperidine rings is 1. The Hall–Kier alpha value is -5.63. The largest absolute Gasteiger partial charge is 0.472 e. The van der Waals surface area contributed by atoms with Gasteiger partial charge in [-0.3, -0.25) is 19.6 Å². The first-order valence-electron chi connectivity index (χ1n) is 19.7. The topological polar surface area (TPSA) is 180 Å². The molecular weight excluding hydrogens is 777 g/mol. The van der Waals surface area contributed by atoms with Gasteiger partial charge in [-0.15, -0.1) is 0 Å². The van der Waals surface area contributed by atoms with Crippen molar-refractivity contribution in [2.45, 2.75) is 71.4 Å². The van der Waals surface area contributed by atoms with E-state index in [1.807, 2.05) is 59.0 Å². The molecule has 1 saturated heterocycles. The smallest absolute Gasteiger partial charge is 0.381 e. The van der Waals surface area contributed by atoms with E-state index in [0.717, 1.165) is 46.4 Å². The van der Waals surface area contributed by atoms with Crippen LogP contribution in [0.15, 0.2) is 60.8 Å². The van der Waals surface area contributed by atoms with Crippen LogP contribution in [0.25, 0.3) is 21.3 Å². The third-order valence-electron chi connectivity index (χ3n) is 11.4. The molecule has 2 amide bonds. The molecule has 0 radical (unpaired) electrons. The van der Waals surface area contributed by atoms with E-state index in [9.17, 15) is 22.8 Å². The Morgan fingerprint density at radius 1 is 0.914 bits per heavy atom. The van der Waals surface area contributed by atoms with Gasteiger partial charge in [0.05, 0.1) is 16.4 Å². The van der Waals surface area contributed by atoms with Crippen LogP contribution in [0.2, 0.25) is 0 Å². The van der Waals surface area contributed by atoms with Crippen molar-refractivity contribution in [3.63, 3.8) is 0 Å². The van der Waals surface area contributed by atoms with E-state index in [1.54, 1.807) is 18.3 Å². The van der Waals surface area contributed by atoms with Gasteiger partial charge in [-0.1, -0.05) is 60.8 Å². The van der Waals surface area contributed by atoms with Crippen molar-refractivity contribution in [2.24, 2.45) is 11.8 Å². The van der Waals surface area contributed by atoms with Crippen molar-refractivity contribution in [1.82, 2.24) is 28.8 Å². The lowest BCUT2D eigenvalue weighted by atomic mass is 9.89. The first-order chi connectivity index (χ1) is 28.0. The lowest BCUT2D eigenvalue weighted by molar-refractivity contribution is -0.130. The Kier molecular flexibility index (Phi) is 11.3. The van der Waals surface area contributed by atoms with Gasteiger partial charge in [0, 0.05) is 66.9 Å². The van der Waals surface area contributed by atoms with Crippen LogP contribution in [-0.4, -0.2) is 75.0 Å². The Bertz CT molecular complexity index is 2530. The molecule has 1 aliphatic carbocycles. The standard InChI is InChI=1S/C42H44N8O6S2/c1-27-33(24-43-50(27)25-29-8-3-2-4-9-29)31-15-16-37(45-39(31)41(54)47-58(55,56)49-22-18-28(19-23-49)14-17-38(51)52)48-21-20-30-10-7-11-32(34(30)26-48)40(53)46-42-44-35-12-5-6-13-36(35)57-42/h5-7,10-13,15-16,24,28-29H,2-4,8-9,18-23,25-26H2,1H3,(H,47,54)(H,51,52)(H,44,46,53). The van der Waals surface area contributed by atoms with Crippen LogP contribution in [0.1, 0.15) is 82.6 Å². The second-order valence-corrected chi connectivity index (χ2v) is 17.8. The summed E-state index contributed by atoms with van der Waals surface area (Å²) in [5, 5.41) is 17.1. The zero-order valence-corrected chi connectivity index (χ0v) is 33.7. The molecule has 0 spiro atoms. The van der Waals surface area contributed by atoms with Crippen molar-refractivity contribution in [3.05, 3.63) is 88.9 Å². The second-order valence-electron chi connectivity index (χ2n) is 15.1. The monoisotopic (exact) mass is 820 g/mol. The summed E-state index contributed by atoms with van der Waals surface area (Å²) in [4.78, 5) is 50.3. The zero-order chi connectivity index (χ0) is 40.4. The van der Waals surface area contributed by atoms with E-state index < -0.39 is 22.1 Å². The average molecular weight is 821 g/mol. The summed E-state index contributed by atoms with van der Waals surface area (Å²) < 4.78 is 33.7. The molecule has 8 rings (SSSR count). The second kappa shape index (κ2) is 16.7. The molecule has 3 N–H and O–H groups in total. The van der Waals surface area contributed by atoms with E-state index >= 15 is 0 Å². The number of hydrogen-bond donors (Lipinski definition) is 3. The summed E-state index contributed by atoms with van der Waals surface area (Å²) >= 11 is 1.41. The third-order valence-corrected chi connectivity index (χ3v) is 13.8. The van der Waals surface area contributed by atoms with Gasteiger partial charge in [-0.05, 0) is 86.4 Å². The lowest BCUT2D eigenvalue weighted by Crippen LogP contribution is -2.47. The van der Waals surface area contributed by atoms with Gasteiger partial charge in [0.25, 0.3) is 11.8 Å². The van der Waals surface area contributed by atoms with Crippen LogP contribution in [0.5, 0.6) is 0 Å². The summed E-state index contributed by atoms with van der Waals surface area (Å²) in [7, 11) is -4.29. The number of carboxylic acids is 1. The van der Waals surface area contributed by atoms with Crippen LogP contribution < -0.4 is 14.9 Å². The maximum absolute atomic E-state index is 14.2. The highest BCUT2D eigenvalue weighted by Gasteiger charge is 2.32. The number of carbonyl (C=O) groups is 3. The van der Waals surface area contributed by atoms with Gasteiger partial charge in [-0.2, -0.15) is 17.8 Å². The molecule has 14 nitrogen and oxygen atoms in total. The number of para-hydroxylation sites is 1. The molecule has 5 aromatic rings. The first kappa shape index (κ1) is 39.2. The number of amides is 2. The van der Waals surface area contributed by atoms with Gasteiger partial charge >= 0.3 is 16.2 Å². The molecule has 1 saturated carbocycles. The minimum atomic E-state index is -4.29. The number of carbonyl (C=O) groups excluding carboxylic acids is 2. The van der Waals surface area contributed by atoms with Gasteiger partial charge < -0.3 is 10.0 Å². The van der Waals surface area contributed by atoms with Gasteiger partial charge in [0.2, 0.25) is 0 Å². The van der Waals surface area contributed by atoms with E-state index in [1.165, 1.54) is 34.9 Å². The summed E-state index contributed by atoms with van der Waals surface area (Å²) in [6.07, 6.45) is 8.95. The van der Waals surface area contributed by atoms with Crippen molar-refractivity contribution in [2.75, 3.05) is 29.9 Å². The van der Waals surface area contributed by atoms with Crippen LogP contribution in [0.3, 0.4) is 0 Å². The number of pyridine rings is 1. The predicted octanol–water partition coefficient (Wildman–Crippen LogP) is 6.03. The number of nitrogens with zero attached hydrogens (tertiary/aromatic N) is 6. The average Bonchev–Trinajstić information content (AvgIpc) is 3.81. The number of thiazole rings is 1. The Balaban J connectivity index is 1.07. The van der Waals surface area contributed by atoms with E-state index in [4.69, 9.17) is 15.2 Å². The molecule has 0 atom stereocenters. The van der Waals surface area contributed by atoms with E-state index in [0.29, 0.717) is 65.9 Å². The van der Waals surface area contributed by atoms with Crippen LogP contribution in [-0.2, 0) is 34.5 Å². The maximum atomic E-state index is 14.2. The molecule has 0 bridgehead atoms. The molecule has 5 heterocycles. The van der Waals surface area contributed by atoms with Crippen molar-refractivity contribution < 1.29 is 27.9 Å². The number of carboxylic acid groups (broad SMARTS) is 1. The number of hydrogen-bond acceptors (Lipinski definition) is 10. The molecule has 3 aromatic heterocycles. The summed E-state index contributed by atoms with van der Waals surface area (Å²) in [6.45, 7) is 3.77. The highest BCUT2D eigenvalue weighted by atomic mass is 32.2. The molecule has 300 valence electrons. The number of nitrogens with one attached hydrogen (secondary N) is 2. The number of aliphatic carboxylic acids is 1. The number of anilines is 2. The fourth-order valence-electron chi connectivity index (χ4n) is 8.24. The normalized spacial score (nSPS) is 16.7. The molecule has 2 fully saturated rings. The van der Waals surface area contributed by atoms with Crippen LogP contribution in [0, 0.1) is 30.6 Å². The van der Waals surface area contributed by atoms with E-state index in [-0.39, 0.29) is 30.6 Å². The molecule has 58 heavy (non-hydrogen) atoms. The Morgan fingerprint density at radius 2 is 1.71 bits per heavy atom. The van der Waals surface area contributed by atoms with Gasteiger partial charge in [0.1, 0.15) is 11.5 Å². The zero-order valence-electron chi connectivity index (χ0n) is 32.1. The highest BCUT2D eigenvalue weighted by Crippen LogP contribution is 2.33. The van der Waals surface area contributed by atoms with Crippen LogP contribution >= 0.6 is 11.3 Å². The Labute approximate surface area is 340 Å². The summed E-state index contributed by atoms with van der Waals surface area (Å²) in [5.41, 5.74) is 5.14. The van der Waals surface area contributed by atoms with Crippen molar-refractivity contribution in [1.29, 1.82) is 0 Å². The molecule has 2 aromatic carbocycles. The number of benzene rings is 2. The Morgan fingerprint density at radius 3 is 2.48 bits per heavy atom. The number of aromatic nitrogens is 4. The quantitative estimate of drug-likeness (QED) is 0.149. The third kappa shape index (κ3) is 8.47.